The summed E-state index contributed by atoms with van der Waals surface area (Å²) in [4.78, 5) is 11.5. The van der Waals surface area contributed by atoms with Crippen molar-refractivity contribution in [2.24, 2.45) is 5.92 Å². The van der Waals surface area contributed by atoms with Crippen molar-refractivity contribution in [1.29, 1.82) is 0 Å². The number of carbonyl (C=O) groups is 1. The molecule has 80 valence electrons. The number of carbonyl (C=O) groups excluding carboxylic acids is 1. The van der Waals surface area contributed by atoms with Crippen molar-refractivity contribution in [2.75, 3.05) is 6.61 Å². The molecular weight excluding hydrogens is 176 g/mol. The first-order valence-corrected chi connectivity index (χ1v) is 5.58. The van der Waals surface area contributed by atoms with Crippen LogP contribution in [0.4, 0.5) is 0 Å². The summed E-state index contributed by atoms with van der Waals surface area (Å²) in [6.07, 6.45) is 7.83. The number of esters is 1. The summed E-state index contributed by atoms with van der Waals surface area (Å²) in [7, 11) is 0. The van der Waals surface area contributed by atoms with Gasteiger partial charge in [0.15, 0.2) is 0 Å². The van der Waals surface area contributed by atoms with Gasteiger partial charge in [0.25, 0.3) is 0 Å². The lowest BCUT2D eigenvalue weighted by Crippen LogP contribution is -2.17. The first kappa shape index (κ1) is 11.3. The van der Waals surface area contributed by atoms with Gasteiger partial charge in [-0.2, -0.15) is 0 Å². The maximum atomic E-state index is 11.5. The molecule has 0 saturated heterocycles. The van der Waals surface area contributed by atoms with Gasteiger partial charge in [0.05, 0.1) is 12.5 Å². The molecule has 0 aromatic carbocycles. The molecule has 0 spiro atoms. The van der Waals surface area contributed by atoms with Crippen LogP contribution in [0.2, 0.25) is 0 Å². The van der Waals surface area contributed by atoms with Gasteiger partial charge in [-0.3, -0.25) is 4.79 Å². The second-order valence-corrected chi connectivity index (χ2v) is 3.97. The largest absolute Gasteiger partial charge is 0.466 e. The number of ether oxygens (including phenoxy) is 1. The van der Waals surface area contributed by atoms with Gasteiger partial charge < -0.3 is 4.74 Å². The Kier molecular flexibility index (Phi) is 4.71. The SMILES string of the molecule is CCOC(=O)C1/C=C(/C)CCCCC1. The fourth-order valence-electron chi connectivity index (χ4n) is 1.89. The normalized spacial score (nSPS) is 27.0. The number of hydrogen-bond donors (Lipinski definition) is 0. The van der Waals surface area contributed by atoms with Gasteiger partial charge in [-0.05, 0) is 33.1 Å². The summed E-state index contributed by atoms with van der Waals surface area (Å²) in [5.74, 6) is -0.0380. The van der Waals surface area contributed by atoms with E-state index in [4.69, 9.17) is 4.74 Å². The molecule has 0 aromatic rings. The molecule has 1 unspecified atom stereocenters. The van der Waals surface area contributed by atoms with Crippen molar-refractivity contribution in [3.8, 4) is 0 Å². The minimum absolute atomic E-state index is 0.00949. The average Bonchev–Trinajstić information content (AvgIpc) is 2.11. The molecule has 0 amide bonds. The van der Waals surface area contributed by atoms with Crippen LogP contribution in [0.1, 0.15) is 46.0 Å². The highest BCUT2D eigenvalue weighted by Crippen LogP contribution is 2.21. The maximum Gasteiger partial charge on any atom is 0.312 e. The van der Waals surface area contributed by atoms with Gasteiger partial charge in [0.2, 0.25) is 0 Å². The highest BCUT2D eigenvalue weighted by molar-refractivity contribution is 5.74. The van der Waals surface area contributed by atoms with Crippen molar-refractivity contribution in [2.45, 2.75) is 46.0 Å². The van der Waals surface area contributed by atoms with E-state index in [9.17, 15) is 4.79 Å². The number of rotatable bonds is 2. The Morgan fingerprint density at radius 3 is 3.00 bits per heavy atom. The van der Waals surface area contributed by atoms with Crippen LogP contribution < -0.4 is 0 Å². The topological polar surface area (TPSA) is 26.3 Å². The summed E-state index contributed by atoms with van der Waals surface area (Å²) in [6.45, 7) is 4.46. The molecule has 1 rings (SSSR count). The molecule has 14 heavy (non-hydrogen) atoms. The number of allylic oxidation sites excluding steroid dienone is 1. The molecule has 2 nitrogen and oxygen atoms in total. The molecule has 1 atom stereocenters. The van der Waals surface area contributed by atoms with Crippen LogP contribution >= 0.6 is 0 Å². The fourth-order valence-corrected chi connectivity index (χ4v) is 1.89. The van der Waals surface area contributed by atoms with Crippen molar-refractivity contribution < 1.29 is 9.53 Å². The van der Waals surface area contributed by atoms with Crippen molar-refractivity contribution in [1.82, 2.24) is 0 Å². The van der Waals surface area contributed by atoms with Crippen LogP contribution in [-0.2, 0) is 9.53 Å². The van der Waals surface area contributed by atoms with Crippen molar-refractivity contribution in [3.63, 3.8) is 0 Å². The molecule has 0 aromatic heterocycles. The van der Waals surface area contributed by atoms with Crippen LogP contribution in [0.25, 0.3) is 0 Å². The average molecular weight is 196 g/mol. The Bertz CT molecular complexity index is 218. The monoisotopic (exact) mass is 196 g/mol. The first-order chi connectivity index (χ1) is 6.74. The summed E-state index contributed by atoms with van der Waals surface area (Å²) in [5, 5.41) is 0. The van der Waals surface area contributed by atoms with Crippen LogP contribution in [0.3, 0.4) is 0 Å². The lowest BCUT2D eigenvalue weighted by atomic mass is 9.93. The zero-order valence-corrected chi connectivity index (χ0v) is 9.21. The highest BCUT2D eigenvalue weighted by atomic mass is 16.5. The second-order valence-electron chi connectivity index (χ2n) is 3.97. The molecule has 0 heterocycles. The summed E-state index contributed by atoms with van der Waals surface area (Å²) >= 11 is 0. The van der Waals surface area contributed by atoms with Crippen LogP contribution in [0, 0.1) is 5.92 Å². The molecule has 1 aliphatic carbocycles. The molecule has 0 bridgehead atoms. The maximum absolute atomic E-state index is 11.5. The van der Waals surface area contributed by atoms with E-state index in [0.717, 1.165) is 19.3 Å². The third kappa shape index (κ3) is 3.52. The molecule has 0 saturated carbocycles. The standard InChI is InChI=1S/C12H20O2/c1-3-14-12(13)11-8-6-4-5-7-10(2)9-11/h9,11H,3-8H2,1-2H3/b10-9-. The second kappa shape index (κ2) is 5.84. The summed E-state index contributed by atoms with van der Waals surface area (Å²) in [5.41, 5.74) is 1.34. The van der Waals surface area contributed by atoms with Gasteiger partial charge in [0.1, 0.15) is 0 Å². The Balaban J connectivity index is 2.59. The van der Waals surface area contributed by atoms with E-state index >= 15 is 0 Å². The summed E-state index contributed by atoms with van der Waals surface area (Å²) in [6, 6.07) is 0. The van der Waals surface area contributed by atoms with E-state index < -0.39 is 0 Å². The zero-order valence-electron chi connectivity index (χ0n) is 9.21. The highest BCUT2D eigenvalue weighted by Gasteiger charge is 2.18. The minimum atomic E-state index is -0.0475. The van der Waals surface area contributed by atoms with Gasteiger partial charge in [-0.15, -0.1) is 0 Å². The van der Waals surface area contributed by atoms with E-state index in [1.165, 1.54) is 18.4 Å². The predicted molar refractivity (Wildman–Crippen MR) is 57.0 cm³/mol. The molecule has 1 aliphatic rings. The molecule has 0 aliphatic heterocycles. The van der Waals surface area contributed by atoms with Crippen LogP contribution in [0.15, 0.2) is 11.6 Å². The lowest BCUT2D eigenvalue weighted by molar-refractivity contribution is -0.146. The summed E-state index contributed by atoms with van der Waals surface area (Å²) < 4.78 is 5.04. The molecular formula is C12H20O2. The molecule has 0 N–H and O–H groups in total. The Hall–Kier alpha value is -0.790. The first-order valence-electron chi connectivity index (χ1n) is 5.58. The number of hydrogen-bond acceptors (Lipinski definition) is 2. The van der Waals surface area contributed by atoms with E-state index in [1.54, 1.807) is 0 Å². The lowest BCUT2D eigenvalue weighted by Gasteiger charge is -2.15. The quantitative estimate of drug-likeness (QED) is 0.501. The van der Waals surface area contributed by atoms with Crippen LogP contribution in [-0.4, -0.2) is 12.6 Å². The molecule has 0 fully saturated rings. The van der Waals surface area contributed by atoms with E-state index in [-0.39, 0.29) is 11.9 Å². The van der Waals surface area contributed by atoms with Crippen molar-refractivity contribution >= 4 is 5.97 Å². The van der Waals surface area contributed by atoms with Crippen molar-refractivity contribution in [3.05, 3.63) is 11.6 Å². The third-order valence-corrected chi connectivity index (χ3v) is 2.66. The Morgan fingerprint density at radius 1 is 1.50 bits per heavy atom. The van der Waals surface area contributed by atoms with E-state index in [0.29, 0.717) is 6.61 Å². The molecule has 2 heteroatoms. The van der Waals surface area contributed by atoms with E-state index in [1.807, 2.05) is 6.92 Å². The Labute approximate surface area is 86.3 Å². The smallest absolute Gasteiger partial charge is 0.312 e. The van der Waals surface area contributed by atoms with Gasteiger partial charge in [-0.1, -0.05) is 24.5 Å². The van der Waals surface area contributed by atoms with Gasteiger partial charge in [-0.25, -0.2) is 0 Å². The van der Waals surface area contributed by atoms with Crippen LogP contribution in [0.5, 0.6) is 0 Å². The minimum Gasteiger partial charge on any atom is -0.466 e. The zero-order chi connectivity index (χ0) is 10.4. The van der Waals surface area contributed by atoms with Gasteiger partial charge in [0, 0.05) is 0 Å². The third-order valence-electron chi connectivity index (χ3n) is 2.66. The Morgan fingerprint density at radius 2 is 2.29 bits per heavy atom. The van der Waals surface area contributed by atoms with Gasteiger partial charge >= 0.3 is 5.97 Å². The van der Waals surface area contributed by atoms with E-state index in [2.05, 4.69) is 13.0 Å². The predicted octanol–water partition coefficient (Wildman–Crippen LogP) is 3.08. The fraction of sp³-hybridized carbons (Fsp3) is 0.750. The molecule has 0 radical (unpaired) electrons.